The van der Waals surface area contributed by atoms with Gasteiger partial charge >= 0.3 is 0 Å². The van der Waals surface area contributed by atoms with E-state index < -0.39 is 6.43 Å². The van der Waals surface area contributed by atoms with Crippen molar-refractivity contribution in [3.63, 3.8) is 0 Å². The molecule has 3 aromatic heterocycles. The zero-order valence-electron chi connectivity index (χ0n) is 15.5. The van der Waals surface area contributed by atoms with Crippen molar-refractivity contribution in [3.8, 4) is 0 Å². The summed E-state index contributed by atoms with van der Waals surface area (Å²) in [5.74, 6) is 0.454. The molecule has 0 unspecified atom stereocenters. The van der Waals surface area contributed by atoms with Crippen molar-refractivity contribution < 1.29 is 13.6 Å². The molecule has 1 aliphatic rings. The van der Waals surface area contributed by atoms with Crippen molar-refractivity contribution in [2.75, 3.05) is 13.1 Å². The van der Waals surface area contributed by atoms with Gasteiger partial charge in [0.2, 0.25) is 5.91 Å². The van der Waals surface area contributed by atoms with Gasteiger partial charge in [0.25, 0.3) is 12.0 Å². The predicted molar refractivity (Wildman–Crippen MR) is 101 cm³/mol. The van der Waals surface area contributed by atoms with Crippen LogP contribution in [0.2, 0.25) is 0 Å². The predicted octanol–water partition coefficient (Wildman–Crippen LogP) is 2.29. The monoisotopic (exact) mass is 407 g/mol. The molecule has 0 aromatic carbocycles. The summed E-state index contributed by atoms with van der Waals surface area (Å²) in [6, 6.07) is 1.29. The highest BCUT2D eigenvalue weighted by Crippen LogP contribution is 2.22. The number of hydrogen-bond acceptors (Lipinski definition) is 5. The van der Waals surface area contributed by atoms with E-state index in [4.69, 9.17) is 0 Å². The number of hydrogen-bond donors (Lipinski definition) is 0. The highest BCUT2D eigenvalue weighted by Gasteiger charge is 2.23. The third-order valence-electron chi connectivity index (χ3n) is 4.99. The number of fused-ring (bicyclic) bond motifs is 2. The SMILES string of the molecule is Cc1csc2c(=O)n3c(nc12)CCN(C(=O)Cn1nc(C(F)F)cc1C)CC3. The Bertz CT molecular complexity index is 1120. The van der Waals surface area contributed by atoms with Gasteiger partial charge in [0.05, 0.1) is 5.52 Å². The number of carbonyl (C=O) groups excluding carboxylic acids is 1. The third-order valence-corrected chi connectivity index (χ3v) is 6.07. The highest BCUT2D eigenvalue weighted by molar-refractivity contribution is 7.17. The van der Waals surface area contributed by atoms with E-state index in [0.29, 0.717) is 42.3 Å². The second kappa shape index (κ2) is 7.08. The van der Waals surface area contributed by atoms with Crippen molar-refractivity contribution in [2.24, 2.45) is 0 Å². The fourth-order valence-corrected chi connectivity index (χ4v) is 4.36. The van der Waals surface area contributed by atoms with Crippen LogP contribution in [-0.4, -0.2) is 43.2 Å². The summed E-state index contributed by atoms with van der Waals surface area (Å²) in [6.45, 7) is 4.61. The topological polar surface area (TPSA) is 73.0 Å². The average Bonchev–Trinajstić information content (AvgIpc) is 3.11. The molecule has 10 heteroatoms. The number of thiophene rings is 1. The Hall–Kier alpha value is -2.62. The van der Waals surface area contributed by atoms with Crippen molar-refractivity contribution in [2.45, 2.75) is 39.8 Å². The Kier molecular flexibility index (Phi) is 4.74. The van der Waals surface area contributed by atoms with E-state index in [0.717, 1.165) is 11.1 Å². The number of nitrogens with zero attached hydrogens (tertiary/aromatic N) is 5. The van der Waals surface area contributed by atoms with E-state index >= 15 is 0 Å². The maximum Gasteiger partial charge on any atom is 0.282 e. The van der Waals surface area contributed by atoms with E-state index in [-0.39, 0.29) is 23.7 Å². The Morgan fingerprint density at radius 3 is 2.79 bits per heavy atom. The number of amides is 1. The first-order valence-corrected chi connectivity index (χ1v) is 9.81. The van der Waals surface area contributed by atoms with Crippen LogP contribution in [0, 0.1) is 13.8 Å². The fourth-order valence-electron chi connectivity index (χ4n) is 3.43. The minimum absolute atomic E-state index is 0.0723. The highest BCUT2D eigenvalue weighted by atomic mass is 32.1. The molecule has 0 atom stereocenters. The summed E-state index contributed by atoms with van der Waals surface area (Å²) < 4.78 is 29.2. The third kappa shape index (κ3) is 3.21. The summed E-state index contributed by atoms with van der Waals surface area (Å²) >= 11 is 1.39. The molecule has 7 nitrogen and oxygen atoms in total. The minimum atomic E-state index is -2.67. The maximum absolute atomic E-state index is 12.8. The first-order valence-electron chi connectivity index (χ1n) is 8.93. The van der Waals surface area contributed by atoms with Crippen LogP contribution >= 0.6 is 11.3 Å². The van der Waals surface area contributed by atoms with Gasteiger partial charge in [0.15, 0.2) is 0 Å². The van der Waals surface area contributed by atoms with E-state index in [1.165, 1.54) is 22.1 Å². The first kappa shape index (κ1) is 18.7. The van der Waals surface area contributed by atoms with E-state index in [2.05, 4.69) is 10.1 Å². The number of aromatic nitrogens is 4. The minimum Gasteiger partial charge on any atom is -0.339 e. The molecule has 0 saturated carbocycles. The lowest BCUT2D eigenvalue weighted by Gasteiger charge is -2.20. The standard InChI is InChI=1S/C18H19F2N5O2S/c1-10-9-28-16-15(10)21-13-3-4-23(5-6-24(13)18(16)27)14(26)8-25-11(2)7-12(22-25)17(19)20/h7,9,17H,3-6,8H2,1-2H3. The van der Waals surface area contributed by atoms with Crippen molar-refractivity contribution in [1.29, 1.82) is 0 Å². The van der Waals surface area contributed by atoms with Crippen LogP contribution in [0.15, 0.2) is 16.2 Å². The van der Waals surface area contributed by atoms with Crippen LogP contribution in [0.4, 0.5) is 8.78 Å². The lowest BCUT2D eigenvalue weighted by atomic mass is 10.3. The zero-order valence-corrected chi connectivity index (χ0v) is 16.3. The molecule has 0 spiro atoms. The van der Waals surface area contributed by atoms with Gasteiger partial charge in [-0.15, -0.1) is 11.3 Å². The van der Waals surface area contributed by atoms with Crippen LogP contribution in [0.5, 0.6) is 0 Å². The maximum atomic E-state index is 12.8. The second-order valence-electron chi connectivity index (χ2n) is 6.88. The number of halogens is 2. The molecule has 148 valence electrons. The van der Waals surface area contributed by atoms with Crippen LogP contribution in [0.25, 0.3) is 10.2 Å². The number of rotatable bonds is 3. The fraction of sp³-hybridized carbons (Fsp3) is 0.444. The summed E-state index contributed by atoms with van der Waals surface area (Å²) in [5, 5.41) is 5.74. The molecule has 0 bridgehead atoms. The van der Waals surface area contributed by atoms with Gasteiger partial charge in [-0.3, -0.25) is 18.8 Å². The lowest BCUT2D eigenvalue weighted by molar-refractivity contribution is -0.132. The van der Waals surface area contributed by atoms with Gasteiger partial charge in [-0.1, -0.05) is 0 Å². The zero-order chi connectivity index (χ0) is 20.0. The molecule has 4 rings (SSSR count). The smallest absolute Gasteiger partial charge is 0.282 e. The molecule has 3 aromatic rings. The Morgan fingerprint density at radius 1 is 1.29 bits per heavy atom. The molecule has 0 N–H and O–H groups in total. The molecular weight excluding hydrogens is 388 g/mol. The molecule has 4 heterocycles. The molecule has 0 aliphatic carbocycles. The molecule has 0 saturated heterocycles. The van der Waals surface area contributed by atoms with Crippen LogP contribution in [-0.2, 0) is 24.3 Å². The Labute approximate surface area is 163 Å². The normalized spacial score (nSPS) is 14.5. The Balaban J connectivity index is 1.54. The van der Waals surface area contributed by atoms with Crippen LogP contribution in [0.3, 0.4) is 0 Å². The molecule has 0 radical (unpaired) electrons. The van der Waals surface area contributed by atoms with Gasteiger partial charge in [-0.2, -0.15) is 5.10 Å². The van der Waals surface area contributed by atoms with E-state index in [1.54, 1.807) is 16.4 Å². The number of alkyl halides is 2. The molecule has 0 fully saturated rings. The summed E-state index contributed by atoms with van der Waals surface area (Å²) in [5.41, 5.74) is 1.81. The van der Waals surface area contributed by atoms with Gasteiger partial charge in [-0.05, 0) is 30.9 Å². The number of carbonyl (C=O) groups is 1. The van der Waals surface area contributed by atoms with Crippen molar-refractivity contribution >= 4 is 27.5 Å². The summed E-state index contributed by atoms with van der Waals surface area (Å²) in [4.78, 5) is 31.7. The van der Waals surface area contributed by atoms with Crippen LogP contribution < -0.4 is 5.56 Å². The second-order valence-corrected chi connectivity index (χ2v) is 7.76. The molecule has 1 aliphatic heterocycles. The first-order chi connectivity index (χ1) is 13.3. The quantitative estimate of drug-likeness (QED) is 0.668. The molecular formula is C18H19F2N5O2S. The number of aryl methyl sites for hydroxylation is 2. The van der Waals surface area contributed by atoms with Crippen molar-refractivity contribution in [1.82, 2.24) is 24.2 Å². The lowest BCUT2D eigenvalue weighted by Crippen LogP contribution is -2.37. The average molecular weight is 407 g/mol. The van der Waals surface area contributed by atoms with E-state index in [1.807, 2.05) is 12.3 Å². The van der Waals surface area contributed by atoms with E-state index in [9.17, 15) is 18.4 Å². The van der Waals surface area contributed by atoms with Gasteiger partial charge in [0, 0.05) is 31.7 Å². The van der Waals surface area contributed by atoms with Gasteiger partial charge in [-0.25, -0.2) is 13.8 Å². The Morgan fingerprint density at radius 2 is 2.07 bits per heavy atom. The largest absolute Gasteiger partial charge is 0.339 e. The van der Waals surface area contributed by atoms with Crippen LogP contribution in [0.1, 0.15) is 29.2 Å². The molecule has 28 heavy (non-hydrogen) atoms. The molecule has 1 amide bonds. The van der Waals surface area contributed by atoms with Crippen molar-refractivity contribution in [3.05, 3.63) is 44.6 Å². The summed E-state index contributed by atoms with van der Waals surface area (Å²) in [6.07, 6.45) is -2.20. The van der Waals surface area contributed by atoms with Gasteiger partial charge in [0.1, 0.15) is 22.8 Å². The summed E-state index contributed by atoms with van der Waals surface area (Å²) in [7, 11) is 0. The van der Waals surface area contributed by atoms with Gasteiger partial charge < -0.3 is 4.90 Å².